The summed E-state index contributed by atoms with van der Waals surface area (Å²) in [5, 5.41) is 0.159. The fourth-order valence-electron chi connectivity index (χ4n) is 4.31. The van der Waals surface area contributed by atoms with E-state index in [0.717, 1.165) is 31.7 Å². The first-order valence-corrected chi connectivity index (χ1v) is 8.90. The molecule has 0 spiro atoms. The Morgan fingerprint density at radius 1 is 1.00 bits per heavy atom. The highest BCUT2D eigenvalue weighted by molar-refractivity contribution is 6.30. The SMILES string of the molecule is CC(C)(C)N1C2CC[C@H]1CC(Oc1cc(Cl)cc(OC(F)(F)F)c1)C2. The van der Waals surface area contributed by atoms with Gasteiger partial charge in [-0.3, -0.25) is 4.90 Å². The second-order valence-electron chi connectivity index (χ2n) is 7.84. The molecule has 3 nitrogen and oxygen atoms in total. The minimum Gasteiger partial charge on any atom is -0.490 e. The molecule has 0 radical (unpaired) electrons. The molecule has 2 heterocycles. The molecule has 1 aromatic rings. The predicted molar refractivity (Wildman–Crippen MR) is 90.2 cm³/mol. The Labute approximate surface area is 151 Å². The van der Waals surface area contributed by atoms with Crippen molar-refractivity contribution in [3.8, 4) is 11.5 Å². The Morgan fingerprint density at radius 2 is 1.56 bits per heavy atom. The van der Waals surface area contributed by atoms with E-state index in [1.54, 1.807) is 0 Å². The molecular formula is C18H23ClF3NO2. The van der Waals surface area contributed by atoms with Gasteiger partial charge in [0.15, 0.2) is 0 Å². The Kier molecular flexibility index (Phi) is 4.88. The molecule has 0 aliphatic carbocycles. The molecule has 2 unspecified atom stereocenters. The smallest absolute Gasteiger partial charge is 0.490 e. The Hall–Kier alpha value is -1.14. The van der Waals surface area contributed by atoms with E-state index in [0.29, 0.717) is 17.8 Å². The van der Waals surface area contributed by atoms with Crippen LogP contribution in [0.5, 0.6) is 11.5 Å². The lowest BCUT2D eigenvalue weighted by Crippen LogP contribution is -2.54. The summed E-state index contributed by atoms with van der Waals surface area (Å²) in [6, 6.07) is 4.82. The number of halogens is 4. The maximum Gasteiger partial charge on any atom is 0.573 e. The van der Waals surface area contributed by atoms with Gasteiger partial charge in [0.25, 0.3) is 0 Å². The van der Waals surface area contributed by atoms with Crippen LogP contribution in [0, 0.1) is 0 Å². The van der Waals surface area contributed by atoms with E-state index in [1.807, 2.05) is 0 Å². The molecule has 0 saturated carbocycles. The molecule has 2 aliphatic rings. The van der Waals surface area contributed by atoms with Crippen LogP contribution >= 0.6 is 11.6 Å². The van der Waals surface area contributed by atoms with Crippen molar-refractivity contribution in [3.63, 3.8) is 0 Å². The van der Waals surface area contributed by atoms with Crippen LogP contribution < -0.4 is 9.47 Å². The number of hydrogen-bond donors (Lipinski definition) is 0. The average Bonchev–Trinajstić information content (AvgIpc) is 2.68. The zero-order valence-corrected chi connectivity index (χ0v) is 15.3. The molecule has 3 rings (SSSR count). The fraction of sp³-hybridized carbons (Fsp3) is 0.667. The molecule has 7 heteroatoms. The number of benzene rings is 1. The molecule has 1 aromatic carbocycles. The summed E-state index contributed by atoms with van der Waals surface area (Å²) in [6.07, 6.45) is -0.752. The van der Waals surface area contributed by atoms with Crippen molar-refractivity contribution in [3.05, 3.63) is 23.2 Å². The molecule has 3 atom stereocenters. The summed E-state index contributed by atoms with van der Waals surface area (Å²) in [7, 11) is 0. The second-order valence-corrected chi connectivity index (χ2v) is 8.28. The first-order chi connectivity index (χ1) is 11.5. The van der Waals surface area contributed by atoms with E-state index < -0.39 is 6.36 Å². The third-order valence-corrected chi connectivity index (χ3v) is 5.06. The summed E-state index contributed by atoms with van der Waals surface area (Å²) in [4.78, 5) is 2.56. The highest BCUT2D eigenvalue weighted by Crippen LogP contribution is 2.42. The average molecular weight is 378 g/mol. The van der Waals surface area contributed by atoms with E-state index in [2.05, 4.69) is 30.4 Å². The quantitative estimate of drug-likeness (QED) is 0.702. The number of ether oxygens (including phenoxy) is 2. The largest absolute Gasteiger partial charge is 0.573 e. The molecule has 0 amide bonds. The number of nitrogens with zero attached hydrogens (tertiary/aromatic N) is 1. The van der Waals surface area contributed by atoms with Crippen LogP contribution in [0.2, 0.25) is 5.02 Å². The van der Waals surface area contributed by atoms with Crippen molar-refractivity contribution >= 4 is 11.6 Å². The first-order valence-electron chi connectivity index (χ1n) is 8.53. The lowest BCUT2D eigenvalue weighted by molar-refractivity contribution is -0.274. The van der Waals surface area contributed by atoms with Gasteiger partial charge < -0.3 is 9.47 Å². The molecule has 140 valence electrons. The summed E-state index contributed by atoms with van der Waals surface area (Å²) in [5.41, 5.74) is 0.112. The van der Waals surface area contributed by atoms with Gasteiger partial charge in [-0.25, -0.2) is 0 Å². The predicted octanol–water partition coefficient (Wildman–Crippen LogP) is 5.41. The van der Waals surface area contributed by atoms with Crippen molar-refractivity contribution in [1.82, 2.24) is 4.90 Å². The van der Waals surface area contributed by atoms with E-state index in [9.17, 15) is 13.2 Å². The normalized spacial score (nSPS) is 27.4. The summed E-state index contributed by atoms with van der Waals surface area (Å²) < 4.78 is 47.2. The van der Waals surface area contributed by atoms with Gasteiger partial charge in [0.05, 0.1) is 0 Å². The monoisotopic (exact) mass is 377 g/mol. The first kappa shape index (κ1) is 18.6. The Morgan fingerprint density at radius 3 is 2.08 bits per heavy atom. The van der Waals surface area contributed by atoms with Crippen LogP contribution in [0.15, 0.2) is 18.2 Å². The van der Waals surface area contributed by atoms with E-state index in [4.69, 9.17) is 16.3 Å². The Bertz CT molecular complexity index is 616. The van der Waals surface area contributed by atoms with Crippen LogP contribution in [0.4, 0.5) is 13.2 Å². The maximum absolute atomic E-state index is 12.4. The minimum atomic E-state index is -4.75. The van der Waals surface area contributed by atoms with E-state index in [-0.39, 0.29) is 22.4 Å². The van der Waals surface area contributed by atoms with Crippen molar-refractivity contribution in [2.75, 3.05) is 0 Å². The number of hydrogen-bond acceptors (Lipinski definition) is 3. The number of rotatable bonds is 3. The lowest BCUT2D eigenvalue weighted by atomic mass is 9.93. The maximum atomic E-state index is 12.4. The highest BCUT2D eigenvalue weighted by Gasteiger charge is 2.46. The van der Waals surface area contributed by atoms with Gasteiger partial charge in [0.1, 0.15) is 17.6 Å². The zero-order chi connectivity index (χ0) is 18.4. The van der Waals surface area contributed by atoms with Gasteiger partial charge in [-0.05, 0) is 58.6 Å². The fourth-order valence-corrected chi connectivity index (χ4v) is 4.52. The molecule has 2 fully saturated rings. The molecule has 2 bridgehead atoms. The van der Waals surface area contributed by atoms with Gasteiger partial charge in [0, 0.05) is 28.7 Å². The van der Waals surface area contributed by atoms with Crippen LogP contribution in [0.25, 0.3) is 0 Å². The molecule has 0 aromatic heterocycles. The number of fused-ring (bicyclic) bond motifs is 2. The van der Waals surface area contributed by atoms with Gasteiger partial charge >= 0.3 is 6.36 Å². The second kappa shape index (κ2) is 6.54. The molecule has 2 aliphatic heterocycles. The van der Waals surface area contributed by atoms with Crippen molar-refractivity contribution in [2.45, 2.75) is 76.5 Å². The third-order valence-electron chi connectivity index (χ3n) is 4.85. The molecule has 0 N–H and O–H groups in total. The van der Waals surface area contributed by atoms with Gasteiger partial charge in [-0.2, -0.15) is 0 Å². The summed E-state index contributed by atoms with van der Waals surface area (Å²) in [5.74, 6) is -0.0366. The van der Waals surface area contributed by atoms with Crippen molar-refractivity contribution in [2.24, 2.45) is 0 Å². The molecule has 2 saturated heterocycles. The van der Waals surface area contributed by atoms with Crippen LogP contribution in [0.1, 0.15) is 46.5 Å². The standard InChI is InChI=1S/C18H23ClF3NO2/c1-17(2,3)23-12-4-5-13(23)9-15(8-12)24-14-6-11(19)7-16(10-14)25-18(20,21)22/h6-7,10,12-13,15H,4-5,8-9H2,1-3H3/t12-,13?,15?/m0/s1. The molecular weight excluding hydrogens is 355 g/mol. The topological polar surface area (TPSA) is 21.7 Å². The van der Waals surface area contributed by atoms with Gasteiger partial charge in [-0.1, -0.05) is 11.6 Å². The van der Waals surface area contributed by atoms with Crippen LogP contribution in [0.3, 0.4) is 0 Å². The van der Waals surface area contributed by atoms with Crippen molar-refractivity contribution < 1.29 is 22.6 Å². The van der Waals surface area contributed by atoms with Gasteiger partial charge in [-0.15, -0.1) is 13.2 Å². The van der Waals surface area contributed by atoms with Crippen molar-refractivity contribution in [1.29, 1.82) is 0 Å². The van der Waals surface area contributed by atoms with Crippen LogP contribution in [-0.2, 0) is 0 Å². The van der Waals surface area contributed by atoms with Gasteiger partial charge in [0.2, 0.25) is 0 Å². The zero-order valence-electron chi connectivity index (χ0n) is 14.6. The minimum absolute atomic E-state index is 0.0201. The number of piperidine rings is 1. The summed E-state index contributed by atoms with van der Waals surface area (Å²) in [6.45, 7) is 6.66. The highest BCUT2D eigenvalue weighted by atomic mass is 35.5. The van der Waals surface area contributed by atoms with E-state index >= 15 is 0 Å². The third kappa shape index (κ3) is 4.53. The number of alkyl halides is 3. The molecule has 25 heavy (non-hydrogen) atoms. The lowest BCUT2D eigenvalue weighted by Gasteiger charge is -2.46. The van der Waals surface area contributed by atoms with Crippen LogP contribution in [-0.4, -0.2) is 35.0 Å². The Balaban J connectivity index is 1.70. The summed E-state index contributed by atoms with van der Waals surface area (Å²) >= 11 is 5.91. The van der Waals surface area contributed by atoms with E-state index in [1.165, 1.54) is 12.1 Å².